The Balaban J connectivity index is 1.66. The van der Waals surface area contributed by atoms with Crippen molar-refractivity contribution in [3.8, 4) is 0 Å². The van der Waals surface area contributed by atoms with Gasteiger partial charge in [0.1, 0.15) is 0 Å². The molecule has 2 N–H and O–H groups in total. The molecule has 1 amide bonds. The van der Waals surface area contributed by atoms with Crippen molar-refractivity contribution in [2.24, 2.45) is 0 Å². The number of aromatic amines is 1. The number of nitrogens with zero attached hydrogens (tertiary/aromatic N) is 1. The van der Waals surface area contributed by atoms with Crippen molar-refractivity contribution in [3.63, 3.8) is 0 Å². The van der Waals surface area contributed by atoms with E-state index in [0.29, 0.717) is 26.1 Å². The lowest BCUT2D eigenvalue weighted by Crippen LogP contribution is -2.38. The first kappa shape index (κ1) is 15.4. The van der Waals surface area contributed by atoms with Crippen molar-refractivity contribution < 1.29 is 4.79 Å². The van der Waals surface area contributed by atoms with Crippen LogP contribution >= 0.6 is 0 Å². The van der Waals surface area contributed by atoms with Gasteiger partial charge in [0.15, 0.2) is 0 Å². The first-order valence-electron chi connectivity index (χ1n) is 8.78. The van der Waals surface area contributed by atoms with Crippen molar-refractivity contribution in [1.82, 2.24) is 15.2 Å². The molecule has 1 aromatic heterocycles. The summed E-state index contributed by atoms with van der Waals surface area (Å²) in [5.41, 5.74) is 4.48. The van der Waals surface area contributed by atoms with Gasteiger partial charge in [-0.05, 0) is 60.9 Å². The molecular formula is C19H23N3O2. The number of nitrogens with one attached hydrogen (secondary N) is 2. The lowest BCUT2D eigenvalue weighted by atomic mass is 10.0. The van der Waals surface area contributed by atoms with Crippen molar-refractivity contribution in [1.29, 1.82) is 0 Å². The highest BCUT2D eigenvalue weighted by Gasteiger charge is 2.21. The molecule has 1 aliphatic heterocycles. The predicted molar refractivity (Wildman–Crippen MR) is 94.1 cm³/mol. The number of aromatic nitrogens is 1. The van der Waals surface area contributed by atoms with Gasteiger partial charge in [-0.15, -0.1) is 0 Å². The quantitative estimate of drug-likeness (QED) is 0.884. The zero-order valence-corrected chi connectivity index (χ0v) is 14.0. The molecule has 0 bridgehead atoms. The molecule has 24 heavy (non-hydrogen) atoms. The highest BCUT2D eigenvalue weighted by Crippen LogP contribution is 2.26. The number of carbonyl (C=O) groups excluding carboxylic acids is 1. The molecule has 1 atom stereocenters. The van der Waals surface area contributed by atoms with E-state index in [1.165, 1.54) is 17.5 Å². The highest BCUT2D eigenvalue weighted by molar-refractivity contribution is 5.81. The summed E-state index contributed by atoms with van der Waals surface area (Å²) in [6, 6.07) is 6.62. The maximum atomic E-state index is 12.5. The van der Waals surface area contributed by atoms with E-state index in [1.54, 1.807) is 0 Å². The average molecular weight is 325 g/mol. The Hall–Kier alpha value is -2.14. The summed E-state index contributed by atoms with van der Waals surface area (Å²) in [5.74, 6) is 0.0901. The third kappa shape index (κ3) is 2.84. The van der Waals surface area contributed by atoms with Crippen molar-refractivity contribution in [2.75, 3.05) is 13.1 Å². The van der Waals surface area contributed by atoms with Crippen LogP contribution in [0.25, 0.3) is 10.9 Å². The van der Waals surface area contributed by atoms with Crippen LogP contribution in [0.15, 0.2) is 23.0 Å². The van der Waals surface area contributed by atoms with E-state index in [9.17, 15) is 9.59 Å². The Morgan fingerprint density at radius 3 is 2.75 bits per heavy atom. The second kappa shape index (κ2) is 6.06. The van der Waals surface area contributed by atoms with Crippen molar-refractivity contribution in [3.05, 3.63) is 45.2 Å². The summed E-state index contributed by atoms with van der Waals surface area (Å²) in [5, 5.41) is 4.03. The number of fused-ring (bicyclic) bond motifs is 2. The first-order chi connectivity index (χ1) is 11.6. The molecule has 2 aromatic rings. The van der Waals surface area contributed by atoms with Crippen LogP contribution in [-0.4, -0.2) is 34.9 Å². The molecule has 0 saturated carbocycles. The maximum absolute atomic E-state index is 12.5. The van der Waals surface area contributed by atoms with Gasteiger partial charge in [-0.1, -0.05) is 0 Å². The van der Waals surface area contributed by atoms with Gasteiger partial charge in [0.2, 0.25) is 5.91 Å². The van der Waals surface area contributed by atoms with E-state index in [4.69, 9.17) is 0 Å². The Kier molecular flexibility index (Phi) is 3.88. The van der Waals surface area contributed by atoms with Crippen LogP contribution in [0.1, 0.15) is 36.5 Å². The Morgan fingerprint density at radius 1 is 1.12 bits per heavy atom. The molecule has 1 saturated heterocycles. The number of pyridine rings is 1. The molecule has 2 aliphatic rings. The Morgan fingerprint density at radius 2 is 1.92 bits per heavy atom. The molecule has 1 unspecified atom stereocenters. The molecular weight excluding hydrogens is 302 g/mol. The van der Waals surface area contributed by atoms with E-state index in [0.717, 1.165) is 29.3 Å². The fourth-order valence-corrected chi connectivity index (χ4v) is 3.84. The van der Waals surface area contributed by atoms with Gasteiger partial charge in [-0.25, -0.2) is 0 Å². The van der Waals surface area contributed by atoms with Crippen LogP contribution in [0.3, 0.4) is 0 Å². The molecule has 1 aliphatic carbocycles. The number of carbonyl (C=O) groups is 1. The number of hydrogen-bond donors (Lipinski definition) is 2. The van der Waals surface area contributed by atoms with Crippen LogP contribution in [0.4, 0.5) is 0 Å². The zero-order valence-electron chi connectivity index (χ0n) is 14.0. The van der Waals surface area contributed by atoms with E-state index in [-0.39, 0.29) is 17.5 Å². The number of hydrogen-bond acceptors (Lipinski definition) is 3. The molecule has 1 aromatic carbocycles. The SMILES string of the molecule is CC1CNC(=O)CCN1Cc1cc2cc3c(cc2[nH]c1=O)CCC3. The Bertz CT molecular complexity index is 856. The minimum absolute atomic E-state index is 0.0174. The van der Waals surface area contributed by atoms with Gasteiger partial charge in [0.05, 0.1) is 0 Å². The number of aryl methyl sites for hydroxylation is 2. The second-order valence-corrected chi connectivity index (χ2v) is 7.06. The molecule has 0 spiro atoms. The van der Waals surface area contributed by atoms with E-state index >= 15 is 0 Å². The minimum atomic E-state index is -0.0174. The number of H-pyrrole nitrogens is 1. The standard InChI is InChI=1S/C19H23N3O2/c1-12-10-20-18(23)5-6-22(12)11-16-8-15-7-13-3-2-4-14(13)9-17(15)21-19(16)24/h7-9,12H,2-6,10-11H2,1H3,(H,20,23)(H,21,24). The summed E-state index contributed by atoms with van der Waals surface area (Å²) in [6.45, 7) is 4.00. The maximum Gasteiger partial charge on any atom is 0.252 e. The molecule has 5 nitrogen and oxygen atoms in total. The minimum Gasteiger partial charge on any atom is -0.355 e. The fourth-order valence-electron chi connectivity index (χ4n) is 3.84. The smallest absolute Gasteiger partial charge is 0.252 e. The monoisotopic (exact) mass is 325 g/mol. The predicted octanol–water partition coefficient (Wildman–Crippen LogP) is 1.73. The largest absolute Gasteiger partial charge is 0.355 e. The molecule has 5 heteroatoms. The van der Waals surface area contributed by atoms with Gasteiger partial charge >= 0.3 is 0 Å². The third-order valence-corrected chi connectivity index (χ3v) is 5.35. The van der Waals surface area contributed by atoms with Crippen molar-refractivity contribution in [2.45, 2.75) is 45.2 Å². The fraction of sp³-hybridized carbons (Fsp3) is 0.474. The van der Waals surface area contributed by atoms with Crippen LogP contribution in [0, 0.1) is 0 Å². The van der Waals surface area contributed by atoms with Gasteiger partial charge in [0.25, 0.3) is 5.56 Å². The van der Waals surface area contributed by atoms with Crippen molar-refractivity contribution >= 4 is 16.8 Å². The van der Waals surface area contributed by atoms with Crippen LogP contribution in [0.5, 0.6) is 0 Å². The van der Waals surface area contributed by atoms with E-state index < -0.39 is 0 Å². The average Bonchev–Trinajstić information content (AvgIpc) is 2.95. The van der Waals surface area contributed by atoms with E-state index in [1.807, 2.05) is 6.07 Å². The van der Waals surface area contributed by atoms with E-state index in [2.05, 4.69) is 34.3 Å². The van der Waals surface area contributed by atoms with Gasteiger partial charge in [0, 0.05) is 43.2 Å². The summed E-state index contributed by atoms with van der Waals surface area (Å²) in [7, 11) is 0. The lowest BCUT2D eigenvalue weighted by molar-refractivity contribution is -0.120. The van der Waals surface area contributed by atoms with Crippen LogP contribution in [-0.2, 0) is 24.2 Å². The second-order valence-electron chi connectivity index (χ2n) is 7.06. The Labute approximate surface area is 141 Å². The van der Waals surface area contributed by atoms with Gasteiger partial charge < -0.3 is 10.3 Å². The molecule has 126 valence electrons. The summed E-state index contributed by atoms with van der Waals surface area (Å²) >= 11 is 0. The normalized spacial score (nSPS) is 21.5. The highest BCUT2D eigenvalue weighted by atomic mass is 16.1. The molecule has 4 rings (SSSR count). The lowest BCUT2D eigenvalue weighted by Gasteiger charge is -2.25. The number of benzene rings is 1. The summed E-state index contributed by atoms with van der Waals surface area (Å²) < 4.78 is 0. The number of amides is 1. The summed E-state index contributed by atoms with van der Waals surface area (Å²) in [4.78, 5) is 29.3. The van der Waals surface area contributed by atoms with Gasteiger partial charge in [-0.3, -0.25) is 14.5 Å². The van der Waals surface area contributed by atoms with Gasteiger partial charge in [-0.2, -0.15) is 0 Å². The third-order valence-electron chi connectivity index (χ3n) is 5.35. The van der Waals surface area contributed by atoms with Crippen LogP contribution < -0.4 is 10.9 Å². The number of rotatable bonds is 2. The first-order valence-corrected chi connectivity index (χ1v) is 8.78. The molecule has 1 fully saturated rings. The topological polar surface area (TPSA) is 65.2 Å². The molecule has 0 radical (unpaired) electrons. The molecule has 2 heterocycles. The van der Waals surface area contributed by atoms with Crippen LogP contribution in [0.2, 0.25) is 0 Å². The zero-order chi connectivity index (χ0) is 16.7. The summed E-state index contributed by atoms with van der Waals surface area (Å²) in [6.07, 6.45) is 3.94.